The number of halogens is 2. The summed E-state index contributed by atoms with van der Waals surface area (Å²) in [6.45, 7) is 1.86. The lowest BCUT2D eigenvalue weighted by atomic mass is 10.2. The molecule has 0 aliphatic carbocycles. The van der Waals surface area contributed by atoms with Crippen LogP contribution < -0.4 is 4.83 Å². The van der Waals surface area contributed by atoms with Crippen LogP contribution in [0.4, 0.5) is 4.39 Å². The van der Waals surface area contributed by atoms with Gasteiger partial charge in [0.2, 0.25) is 0 Å². The molecule has 0 bridgehead atoms. The summed E-state index contributed by atoms with van der Waals surface area (Å²) in [4.78, 5) is 2.15. The maximum atomic E-state index is 13.5. The molecule has 0 aliphatic heterocycles. The van der Waals surface area contributed by atoms with Gasteiger partial charge in [0.1, 0.15) is 5.82 Å². The third-order valence-corrected chi connectivity index (χ3v) is 4.40. The molecule has 0 heterocycles. The minimum Gasteiger partial charge on any atom is -0.206 e. The number of benzene rings is 2. The number of hydrogen-bond donors (Lipinski definition) is 1. The van der Waals surface area contributed by atoms with Gasteiger partial charge in [-0.1, -0.05) is 33.6 Å². The monoisotopic (exact) mass is 370 g/mol. The fraction of sp³-hybridized carbons (Fsp3) is 0.0714. The summed E-state index contributed by atoms with van der Waals surface area (Å²) in [6, 6.07) is 10.6. The molecule has 4 nitrogen and oxygen atoms in total. The summed E-state index contributed by atoms with van der Waals surface area (Å²) in [7, 11) is -3.75. The Morgan fingerprint density at radius 3 is 2.52 bits per heavy atom. The molecule has 2 aromatic carbocycles. The fourth-order valence-electron chi connectivity index (χ4n) is 1.55. The van der Waals surface area contributed by atoms with E-state index in [1.165, 1.54) is 24.3 Å². The summed E-state index contributed by atoms with van der Waals surface area (Å²) in [6.07, 6.45) is 1.12. The Morgan fingerprint density at radius 1 is 1.19 bits per heavy atom. The molecule has 2 rings (SSSR count). The van der Waals surface area contributed by atoms with Crippen LogP contribution >= 0.6 is 15.9 Å². The second-order valence-electron chi connectivity index (χ2n) is 4.33. The van der Waals surface area contributed by atoms with E-state index in [-0.39, 0.29) is 10.5 Å². The second-order valence-corrected chi connectivity index (χ2v) is 6.91. The van der Waals surface area contributed by atoms with Crippen molar-refractivity contribution in [1.82, 2.24) is 4.83 Å². The predicted octanol–water partition coefficient (Wildman–Crippen LogP) is 3.21. The normalized spacial score (nSPS) is 11.8. The van der Waals surface area contributed by atoms with Crippen molar-refractivity contribution in [3.8, 4) is 0 Å². The molecule has 21 heavy (non-hydrogen) atoms. The number of hydrogen-bond acceptors (Lipinski definition) is 3. The molecule has 0 amide bonds. The molecule has 0 fully saturated rings. The van der Waals surface area contributed by atoms with Crippen LogP contribution in [0.25, 0.3) is 0 Å². The van der Waals surface area contributed by atoms with Crippen LogP contribution in [0, 0.1) is 12.7 Å². The topological polar surface area (TPSA) is 58.5 Å². The van der Waals surface area contributed by atoms with Gasteiger partial charge in [-0.25, -0.2) is 9.22 Å². The molecule has 2 aromatic rings. The molecule has 0 radical (unpaired) electrons. The van der Waals surface area contributed by atoms with E-state index >= 15 is 0 Å². The summed E-state index contributed by atoms with van der Waals surface area (Å²) >= 11 is 3.20. The molecule has 0 aromatic heterocycles. The maximum absolute atomic E-state index is 13.5. The molecule has 0 saturated heterocycles. The zero-order valence-corrected chi connectivity index (χ0v) is 13.4. The van der Waals surface area contributed by atoms with Crippen molar-refractivity contribution in [3.05, 3.63) is 63.9 Å². The Kier molecular flexibility index (Phi) is 4.74. The van der Waals surface area contributed by atoms with E-state index in [0.717, 1.165) is 11.8 Å². The molecule has 0 saturated carbocycles. The van der Waals surface area contributed by atoms with Gasteiger partial charge in [-0.3, -0.25) is 0 Å². The molecule has 0 atom stereocenters. The van der Waals surface area contributed by atoms with Crippen LogP contribution in [0.2, 0.25) is 0 Å². The van der Waals surface area contributed by atoms with Crippen LogP contribution in [-0.4, -0.2) is 14.6 Å². The van der Waals surface area contributed by atoms with Crippen LogP contribution in [0.5, 0.6) is 0 Å². The zero-order valence-electron chi connectivity index (χ0n) is 11.0. The standard InChI is InChI=1S/C14H12BrFN2O2S/c1-10-2-5-13(6-3-10)21(19,20)18-17-9-11-8-12(15)4-7-14(11)16/h2-9,18H,1H3. The highest BCUT2D eigenvalue weighted by molar-refractivity contribution is 9.10. The molecule has 0 aliphatic rings. The number of sulfonamides is 1. The van der Waals surface area contributed by atoms with Crippen LogP contribution in [0.1, 0.15) is 11.1 Å². The molecule has 110 valence electrons. The summed E-state index contributed by atoms with van der Waals surface area (Å²) < 4.78 is 38.1. The van der Waals surface area contributed by atoms with E-state index < -0.39 is 15.8 Å². The molecule has 7 heteroatoms. The van der Waals surface area contributed by atoms with Crippen molar-refractivity contribution >= 4 is 32.2 Å². The van der Waals surface area contributed by atoms with Gasteiger partial charge in [-0.05, 0) is 37.3 Å². The number of nitrogens with one attached hydrogen (secondary N) is 1. The van der Waals surface area contributed by atoms with Crippen molar-refractivity contribution in [2.24, 2.45) is 5.10 Å². The van der Waals surface area contributed by atoms with Gasteiger partial charge in [0.05, 0.1) is 11.1 Å². The summed E-state index contributed by atoms with van der Waals surface area (Å²) in [5.41, 5.74) is 1.13. The van der Waals surface area contributed by atoms with E-state index in [2.05, 4.69) is 21.0 Å². The molecule has 0 unspecified atom stereocenters. The zero-order chi connectivity index (χ0) is 15.5. The fourth-order valence-corrected chi connectivity index (χ4v) is 2.72. The highest BCUT2D eigenvalue weighted by Crippen LogP contribution is 2.14. The smallest absolute Gasteiger partial charge is 0.206 e. The molecular formula is C14H12BrFN2O2S. The van der Waals surface area contributed by atoms with E-state index in [4.69, 9.17) is 0 Å². The van der Waals surface area contributed by atoms with Gasteiger partial charge in [0.15, 0.2) is 0 Å². The Labute approximate surface area is 130 Å². The Hall–Kier alpha value is -1.73. The lowest BCUT2D eigenvalue weighted by Crippen LogP contribution is -2.18. The average Bonchev–Trinajstić information content (AvgIpc) is 2.43. The van der Waals surface area contributed by atoms with Crippen molar-refractivity contribution in [3.63, 3.8) is 0 Å². The quantitative estimate of drug-likeness (QED) is 0.663. The lowest BCUT2D eigenvalue weighted by molar-refractivity contribution is 0.584. The largest absolute Gasteiger partial charge is 0.276 e. The first-order valence-corrected chi connectivity index (χ1v) is 8.23. The van der Waals surface area contributed by atoms with Gasteiger partial charge in [-0.15, -0.1) is 0 Å². The first-order chi connectivity index (χ1) is 9.88. The minimum atomic E-state index is -3.75. The first kappa shape index (κ1) is 15.7. The maximum Gasteiger partial charge on any atom is 0.276 e. The van der Waals surface area contributed by atoms with Gasteiger partial charge in [-0.2, -0.15) is 13.5 Å². The lowest BCUT2D eigenvalue weighted by Gasteiger charge is -2.03. The van der Waals surface area contributed by atoms with Gasteiger partial charge < -0.3 is 0 Å². The van der Waals surface area contributed by atoms with Gasteiger partial charge >= 0.3 is 0 Å². The Bertz CT molecular complexity index is 774. The highest BCUT2D eigenvalue weighted by atomic mass is 79.9. The van der Waals surface area contributed by atoms with E-state index in [1.807, 2.05) is 11.8 Å². The van der Waals surface area contributed by atoms with Crippen LogP contribution in [0.3, 0.4) is 0 Å². The van der Waals surface area contributed by atoms with Crippen molar-refractivity contribution < 1.29 is 12.8 Å². The Balaban J connectivity index is 2.16. The first-order valence-electron chi connectivity index (χ1n) is 5.95. The number of hydrazone groups is 1. The molecule has 1 N–H and O–H groups in total. The van der Waals surface area contributed by atoms with Crippen molar-refractivity contribution in [2.45, 2.75) is 11.8 Å². The SMILES string of the molecule is Cc1ccc(S(=O)(=O)NN=Cc2cc(Br)ccc2F)cc1. The van der Waals surface area contributed by atoms with E-state index in [1.54, 1.807) is 18.2 Å². The van der Waals surface area contributed by atoms with Crippen LogP contribution in [-0.2, 0) is 10.0 Å². The Morgan fingerprint density at radius 2 is 1.86 bits per heavy atom. The number of aryl methyl sites for hydroxylation is 1. The number of rotatable bonds is 4. The number of nitrogens with zero attached hydrogens (tertiary/aromatic N) is 1. The van der Waals surface area contributed by atoms with E-state index in [9.17, 15) is 12.8 Å². The van der Waals surface area contributed by atoms with E-state index in [0.29, 0.717) is 4.47 Å². The average molecular weight is 371 g/mol. The molecule has 0 spiro atoms. The minimum absolute atomic E-state index is 0.0972. The van der Waals surface area contributed by atoms with Crippen molar-refractivity contribution in [1.29, 1.82) is 0 Å². The van der Waals surface area contributed by atoms with Crippen LogP contribution in [0.15, 0.2) is 56.9 Å². The summed E-state index contributed by atoms with van der Waals surface area (Å²) in [5.74, 6) is -0.489. The molecular weight excluding hydrogens is 359 g/mol. The third-order valence-electron chi connectivity index (χ3n) is 2.67. The van der Waals surface area contributed by atoms with Crippen molar-refractivity contribution in [2.75, 3.05) is 0 Å². The van der Waals surface area contributed by atoms with Gasteiger partial charge in [0, 0.05) is 10.0 Å². The third kappa shape index (κ3) is 4.12. The highest BCUT2D eigenvalue weighted by Gasteiger charge is 2.11. The predicted molar refractivity (Wildman–Crippen MR) is 83.2 cm³/mol. The van der Waals surface area contributed by atoms with Gasteiger partial charge in [0.25, 0.3) is 10.0 Å². The summed E-state index contributed by atoms with van der Waals surface area (Å²) in [5, 5.41) is 3.59. The second kappa shape index (κ2) is 6.36.